The average molecular weight is 158 g/mol. The van der Waals surface area contributed by atoms with Crippen LogP contribution in [-0.2, 0) is 4.79 Å². The lowest BCUT2D eigenvalue weighted by atomic mass is 9.98. The molecular weight excluding hydrogens is 140 g/mol. The van der Waals surface area contributed by atoms with Crippen LogP contribution >= 0.6 is 0 Å². The van der Waals surface area contributed by atoms with Crippen LogP contribution < -0.4 is 11.1 Å². The zero-order valence-electron chi connectivity index (χ0n) is 7.72. The number of nitrogens with one attached hydrogen (secondary N) is 1. The Bertz CT molecular complexity index is 124. The average Bonchev–Trinajstić information content (AvgIpc) is 1.81. The lowest BCUT2D eigenvalue weighted by Crippen LogP contribution is -2.48. The maximum atomic E-state index is 10.7. The van der Waals surface area contributed by atoms with Gasteiger partial charge in [0.1, 0.15) is 0 Å². The first-order chi connectivity index (χ1) is 4.95. The van der Waals surface area contributed by atoms with Crippen LogP contribution in [-0.4, -0.2) is 18.0 Å². The van der Waals surface area contributed by atoms with Gasteiger partial charge in [0, 0.05) is 19.0 Å². The minimum absolute atomic E-state index is 0.0129. The second-order valence-corrected chi connectivity index (χ2v) is 3.33. The fourth-order valence-corrected chi connectivity index (χ4v) is 1.14. The van der Waals surface area contributed by atoms with E-state index in [1.807, 2.05) is 20.8 Å². The van der Waals surface area contributed by atoms with Gasteiger partial charge in [0.15, 0.2) is 0 Å². The molecule has 0 saturated carbocycles. The molecule has 2 unspecified atom stereocenters. The van der Waals surface area contributed by atoms with Crippen LogP contribution in [0.5, 0.6) is 0 Å². The van der Waals surface area contributed by atoms with E-state index in [1.165, 1.54) is 6.92 Å². The van der Waals surface area contributed by atoms with Crippen molar-refractivity contribution in [2.45, 2.75) is 39.8 Å². The van der Waals surface area contributed by atoms with Gasteiger partial charge in [0.2, 0.25) is 5.91 Å². The molecule has 11 heavy (non-hydrogen) atoms. The number of hydrogen-bond acceptors (Lipinski definition) is 2. The summed E-state index contributed by atoms with van der Waals surface area (Å²) in [6.07, 6.45) is 0. The summed E-state index contributed by atoms with van der Waals surface area (Å²) in [5.74, 6) is 0.375. The molecule has 0 aliphatic carbocycles. The van der Waals surface area contributed by atoms with E-state index in [2.05, 4.69) is 5.32 Å². The number of amides is 1. The van der Waals surface area contributed by atoms with E-state index in [1.54, 1.807) is 0 Å². The molecule has 3 heteroatoms. The molecule has 0 aromatic heterocycles. The van der Waals surface area contributed by atoms with Gasteiger partial charge in [0.05, 0.1) is 0 Å². The quantitative estimate of drug-likeness (QED) is 0.628. The molecule has 0 heterocycles. The molecule has 66 valence electrons. The normalized spacial score (nSPS) is 16.2. The van der Waals surface area contributed by atoms with E-state index in [0.29, 0.717) is 5.92 Å². The van der Waals surface area contributed by atoms with Crippen molar-refractivity contribution in [1.29, 1.82) is 0 Å². The van der Waals surface area contributed by atoms with Gasteiger partial charge in [-0.25, -0.2) is 0 Å². The first-order valence-corrected chi connectivity index (χ1v) is 3.97. The second-order valence-electron chi connectivity index (χ2n) is 3.33. The SMILES string of the molecule is CC(=O)NC(C(C)C)C(C)N. The third-order valence-corrected chi connectivity index (χ3v) is 1.65. The largest absolute Gasteiger partial charge is 0.352 e. The van der Waals surface area contributed by atoms with Gasteiger partial charge in [-0.2, -0.15) is 0 Å². The summed E-state index contributed by atoms with van der Waals surface area (Å²) in [6, 6.07) is 0.103. The molecule has 3 N–H and O–H groups in total. The fourth-order valence-electron chi connectivity index (χ4n) is 1.14. The maximum Gasteiger partial charge on any atom is 0.217 e. The molecule has 0 aliphatic rings. The third-order valence-electron chi connectivity index (χ3n) is 1.65. The molecule has 3 nitrogen and oxygen atoms in total. The van der Waals surface area contributed by atoms with E-state index in [0.717, 1.165) is 0 Å². The van der Waals surface area contributed by atoms with Gasteiger partial charge >= 0.3 is 0 Å². The van der Waals surface area contributed by atoms with E-state index in [-0.39, 0.29) is 18.0 Å². The molecule has 0 aromatic carbocycles. The zero-order chi connectivity index (χ0) is 9.02. The van der Waals surface area contributed by atoms with Crippen molar-refractivity contribution in [3.63, 3.8) is 0 Å². The van der Waals surface area contributed by atoms with Gasteiger partial charge in [-0.1, -0.05) is 13.8 Å². The standard InChI is InChI=1S/C8H18N2O/c1-5(2)8(6(3)9)10-7(4)11/h5-6,8H,9H2,1-4H3,(H,10,11). The summed E-state index contributed by atoms with van der Waals surface area (Å²) in [7, 11) is 0. The van der Waals surface area contributed by atoms with Crippen LogP contribution in [0.2, 0.25) is 0 Å². The van der Waals surface area contributed by atoms with Crippen molar-refractivity contribution in [3.8, 4) is 0 Å². The summed E-state index contributed by atoms with van der Waals surface area (Å²) in [5, 5.41) is 2.81. The Morgan fingerprint density at radius 2 is 1.82 bits per heavy atom. The first-order valence-electron chi connectivity index (χ1n) is 3.97. The van der Waals surface area contributed by atoms with Crippen LogP contribution in [0, 0.1) is 5.92 Å². The third kappa shape index (κ3) is 3.98. The molecule has 0 fully saturated rings. The number of carbonyl (C=O) groups is 1. The summed E-state index contributed by atoms with van der Waals surface area (Å²) in [6.45, 7) is 7.51. The fraction of sp³-hybridized carbons (Fsp3) is 0.875. The highest BCUT2D eigenvalue weighted by molar-refractivity contribution is 5.73. The Balaban J connectivity index is 4.00. The van der Waals surface area contributed by atoms with E-state index in [9.17, 15) is 4.79 Å². The number of rotatable bonds is 3. The molecular formula is C8H18N2O. The van der Waals surface area contributed by atoms with Crippen LogP contribution in [0.4, 0.5) is 0 Å². The van der Waals surface area contributed by atoms with Crippen molar-refractivity contribution >= 4 is 5.91 Å². The highest BCUT2D eigenvalue weighted by atomic mass is 16.1. The van der Waals surface area contributed by atoms with Crippen molar-refractivity contribution in [3.05, 3.63) is 0 Å². The van der Waals surface area contributed by atoms with E-state index < -0.39 is 0 Å². The predicted octanol–water partition coefficient (Wildman–Crippen LogP) is 0.494. The van der Waals surface area contributed by atoms with Gasteiger partial charge < -0.3 is 11.1 Å². The summed E-state index contributed by atoms with van der Waals surface area (Å²) in [5.41, 5.74) is 5.67. The van der Waals surface area contributed by atoms with Crippen molar-refractivity contribution in [1.82, 2.24) is 5.32 Å². The monoisotopic (exact) mass is 158 g/mol. The minimum Gasteiger partial charge on any atom is -0.352 e. The summed E-state index contributed by atoms with van der Waals surface area (Å²) < 4.78 is 0. The highest BCUT2D eigenvalue weighted by Crippen LogP contribution is 2.04. The second kappa shape index (κ2) is 4.34. The molecule has 0 aliphatic heterocycles. The summed E-state index contributed by atoms with van der Waals surface area (Å²) in [4.78, 5) is 10.7. The molecule has 0 rings (SSSR count). The Hall–Kier alpha value is -0.570. The number of hydrogen-bond donors (Lipinski definition) is 2. The van der Waals surface area contributed by atoms with Crippen LogP contribution in [0.1, 0.15) is 27.7 Å². The Kier molecular flexibility index (Phi) is 4.11. The maximum absolute atomic E-state index is 10.7. The first kappa shape index (κ1) is 10.4. The van der Waals surface area contributed by atoms with Gasteiger partial charge in [-0.15, -0.1) is 0 Å². The lowest BCUT2D eigenvalue weighted by Gasteiger charge is -2.25. The van der Waals surface area contributed by atoms with Gasteiger partial charge in [0.25, 0.3) is 0 Å². The molecule has 0 spiro atoms. The Morgan fingerprint density at radius 1 is 1.36 bits per heavy atom. The van der Waals surface area contributed by atoms with Gasteiger partial charge in [-0.05, 0) is 12.8 Å². The van der Waals surface area contributed by atoms with Crippen molar-refractivity contribution in [2.24, 2.45) is 11.7 Å². The minimum atomic E-state index is -0.0130. The number of nitrogens with two attached hydrogens (primary N) is 1. The highest BCUT2D eigenvalue weighted by Gasteiger charge is 2.17. The molecule has 0 saturated heterocycles. The van der Waals surface area contributed by atoms with Crippen LogP contribution in [0.3, 0.4) is 0 Å². The molecule has 0 radical (unpaired) electrons. The molecule has 2 atom stereocenters. The van der Waals surface area contributed by atoms with Crippen LogP contribution in [0.25, 0.3) is 0 Å². The molecule has 0 bridgehead atoms. The zero-order valence-corrected chi connectivity index (χ0v) is 7.72. The Labute approximate surface area is 68.3 Å². The smallest absolute Gasteiger partial charge is 0.217 e. The van der Waals surface area contributed by atoms with E-state index >= 15 is 0 Å². The molecule has 0 aromatic rings. The van der Waals surface area contributed by atoms with Gasteiger partial charge in [-0.3, -0.25) is 4.79 Å². The number of carbonyl (C=O) groups excluding carboxylic acids is 1. The van der Waals surface area contributed by atoms with Crippen molar-refractivity contribution in [2.75, 3.05) is 0 Å². The molecule has 1 amide bonds. The summed E-state index contributed by atoms with van der Waals surface area (Å²) >= 11 is 0. The lowest BCUT2D eigenvalue weighted by molar-refractivity contribution is -0.120. The van der Waals surface area contributed by atoms with Crippen LogP contribution in [0.15, 0.2) is 0 Å². The predicted molar refractivity (Wildman–Crippen MR) is 46.1 cm³/mol. The van der Waals surface area contributed by atoms with Crippen molar-refractivity contribution < 1.29 is 4.79 Å². The topological polar surface area (TPSA) is 55.1 Å². The van der Waals surface area contributed by atoms with E-state index in [4.69, 9.17) is 5.73 Å². The Morgan fingerprint density at radius 3 is 1.91 bits per heavy atom.